The van der Waals surface area contributed by atoms with E-state index in [1.165, 1.54) is 14.0 Å². The van der Waals surface area contributed by atoms with E-state index in [0.29, 0.717) is 17.6 Å². The minimum atomic E-state index is -1.91. The van der Waals surface area contributed by atoms with Crippen LogP contribution in [0.15, 0.2) is 58.9 Å². The second-order valence-corrected chi connectivity index (χ2v) is 26.4. The molecule has 5 saturated heterocycles. The maximum atomic E-state index is 15.6. The maximum Gasteiger partial charge on any atom is 0.407 e. The highest BCUT2D eigenvalue weighted by Crippen LogP contribution is 2.61. The number of hydrogen-bond donors (Lipinski definition) is 9. The summed E-state index contributed by atoms with van der Waals surface area (Å²) in [4.78, 5) is 48.2. The van der Waals surface area contributed by atoms with Gasteiger partial charge in [0.05, 0.1) is 62.9 Å². The van der Waals surface area contributed by atoms with Crippen molar-refractivity contribution in [2.24, 2.45) is 52.8 Å². The number of fused-ring (bicyclic) bond motifs is 4. The molecule has 5 heterocycles. The average Bonchev–Trinajstić information content (AvgIpc) is 1.31. The molecule has 9 N–H and O–H groups in total. The minimum absolute atomic E-state index is 0.0417. The summed E-state index contributed by atoms with van der Waals surface area (Å²) < 4.78 is 67.6. The lowest BCUT2D eigenvalue weighted by molar-refractivity contribution is -1.09. The summed E-state index contributed by atoms with van der Waals surface area (Å²) in [5, 5.41) is 93.6. The van der Waals surface area contributed by atoms with Gasteiger partial charge in [0.15, 0.2) is 42.6 Å². The van der Waals surface area contributed by atoms with Gasteiger partial charge in [-0.25, -0.2) is 24.9 Å². The number of ketones is 1. The lowest BCUT2D eigenvalue weighted by Crippen LogP contribution is -3.17. The molecule has 25 nitrogen and oxygen atoms in total. The molecule has 1 spiro atoms. The molecule has 0 aromatic rings. The molecule has 29 atom stereocenters. The molecule has 1 saturated carbocycles. The van der Waals surface area contributed by atoms with Gasteiger partial charge in [0.2, 0.25) is 5.78 Å². The van der Waals surface area contributed by atoms with Crippen LogP contribution < -0.4 is 10.5 Å². The summed E-state index contributed by atoms with van der Waals surface area (Å²) in [5.41, 5.74) is -4.45. The molecule has 29 unspecified atom stereocenters. The molecule has 9 rings (SSSR count). The summed E-state index contributed by atoms with van der Waals surface area (Å²) >= 11 is 0. The smallest absolute Gasteiger partial charge is 0.407 e. The highest BCUT2D eigenvalue weighted by atomic mass is 17.1. The highest BCUT2D eigenvalue weighted by Gasteiger charge is 2.64. The molecule has 5 aliphatic heterocycles. The van der Waals surface area contributed by atoms with Crippen molar-refractivity contribution in [1.29, 1.82) is 0 Å². The van der Waals surface area contributed by atoms with E-state index in [4.69, 9.17) is 57.0 Å². The number of aliphatic hydroxyl groups is 5. The molecule has 0 radical (unpaired) electrons. The number of quaternary nitrogens is 1. The first-order chi connectivity index (χ1) is 40.5. The zero-order chi connectivity index (χ0) is 62.8. The van der Waals surface area contributed by atoms with E-state index in [1.807, 2.05) is 32.9 Å². The molecule has 0 aromatic carbocycles. The standard InChI is InChI=1S/C61H92N2O23/c1-26-17-36-19-35(25-64)30(5)23-61(36)55(68)47(56(69)85-61)54(67)60(11)38(31(6)41(86-74)21-40(26)80-46-24-59(10,63(72)73)53(34(9)79-46)62-58(71)76-13)15-14-37-48(60)27(2)16-28(3)50(37)82-45-22-42(49(66)32(7)77-45)81-43-18-29(4)51(57(70)84-43)83-44-20-39(65)52(75-12)33(8)78-44/h14-15,17,19,27-30,32-34,36-46,48-53,57,63-67,70,72,74H,6,16,18,20-25H2,1-5,7-13H3,(H,62,71). The number of hydroxylamine groups is 2. The van der Waals surface area contributed by atoms with E-state index in [9.17, 15) is 50.8 Å². The zero-order valence-corrected chi connectivity index (χ0v) is 51.3. The van der Waals surface area contributed by atoms with Crippen LogP contribution in [-0.2, 0) is 66.6 Å². The minimum Gasteiger partial charge on any atom is -0.600 e. The van der Waals surface area contributed by atoms with Crippen molar-refractivity contribution < 1.29 is 113 Å². The number of ether oxygens (including phenoxy) is 11. The van der Waals surface area contributed by atoms with E-state index < -0.39 is 185 Å². The summed E-state index contributed by atoms with van der Waals surface area (Å²) in [6, 6.07) is -1.05. The third kappa shape index (κ3) is 12.3. The van der Waals surface area contributed by atoms with Gasteiger partial charge in [0.1, 0.15) is 41.8 Å². The number of allylic oxidation sites excluding steroid dienone is 2. The van der Waals surface area contributed by atoms with Crippen molar-refractivity contribution in [1.82, 2.24) is 5.32 Å². The Morgan fingerprint density at radius 3 is 2.08 bits per heavy atom. The van der Waals surface area contributed by atoms with Gasteiger partial charge in [-0.1, -0.05) is 65.5 Å². The molecule has 4 aliphatic carbocycles. The molecule has 1 amide bonds. The van der Waals surface area contributed by atoms with Gasteiger partial charge in [0.25, 0.3) is 0 Å². The Hall–Kier alpha value is -3.81. The predicted octanol–water partition coefficient (Wildman–Crippen LogP) is 3.74. The molecular formula is C61H92N2O23. The monoisotopic (exact) mass is 1220 g/mol. The fourth-order valence-electron chi connectivity index (χ4n) is 16.0. The quantitative estimate of drug-likeness (QED) is 0.0417. The van der Waals surface area contributed by atoms with E-state index in [0.717, 1.165) is 7.11 Å². The number of carbonyl (C=O) groups is 3. The molecule has 0 aromatic heterocycles. The average molecular weight is 1220 g/mol. The Bertz CT molecular complexity index is 2590. The van der Waals surface area contributed by atoms with Crippen LogP contribution in [0, 0.1) is 58.0 Å². The van der Waals surface area contributed by atoms with Crippen molar-refractivity contribution in [3.05, 3.63) is 64.1 Å². The van der Waals surface area contributed by atoms with Gasteiger partial charge in [-0.3, -0.25) is 10.1 Å². The first-order valence-corrected chi connectivity index (χ1v) is 30.3. The van der Waals surface area contributed by atoms with Crippen LogP contribution in [0.5, 0.6) is 0 Å². The number of amides is 1. The summed E-state index contributed by atoms with van der Waals surface area (Å²) in [5.74, 6) is -6.69. The van der Waals surface area contributed by atoms with Crippen LogP contribution >= 0.6 is 0 Å². The van der Waals surface area contributed by atoms with Gasteiger partial charge in [-0.05, 0) is 87.3 Å². The van der Waals surface area contributed by atoms with E-state index in [1.54, 1.807) is 53.7 Å². The number of nitrogens with one attached hydrogen (secondary N) is 2. The fourth-order valence-corrected chi connectivity index (χ4v) is 16.0. The summed E-state index contributed by atoms with van der Waals surface area (Å²) in [7, 11) is 2.65. The van der Waals surface area contributed by atoms with Crippen LogP contribution in [0.1, 0.15) is 114 Å². The maximum absolute atomic E-state index is 15.6. The van der Waals surface area contributed by atoms with Crippen molar-refractivity contribution in [3.8, 4) is 0 Å². The zero-order valence-electron chi connectivity index (χ0n) is 51.3. The van der Waals surface area contributed by atoms with E-state index in [2.05, 4.69) is 11.9 Å². The Balaban J connectivity index is 1.02. The largest absolute Gasteiger partial charge is 0.600 e. The first-order valence-electron chi connectivity index (χ1n) is 30.3. The first kappa shape index (κ1) is 66.6. The lowest BCUT2D eigenvalue weighted by atomic mass is 9.49. The van der Waals surface area contributed by atoms with Crippen LogP contribution in [-0.4, -0.2) is 190 Å². The number of methoxy groups -OCH3 is 2. The Morgan fingerprint density at radius 1 is 0.791 bits per heavy atom. The summed E-state index contributed by atoms with van der Waals surface area (Å²) in [6.45, 7) is 21.9. The number of hydrogen-bond acceptors (Lipinski definition) is 23. The normalized spacial score (nSPS) is 47.8. The van der Waals surface area contributed by atoms with Gasteiger partial charge < -0.3 is 88.2 Å². The third-order valence-corrected chi connectivity index (χ3v) is 20.7. The van der Waals surface area contributed by atoms with Gasteiger partial charge in [-0.15, -0.1) is 0 Å². The van der Waals surface area contributed by atoms with Crippen molar-refractivity contribution >= 4 is 17.8 Å². The van der Waals surface area contributed by atoms with Gasteiger partial charge in [0, 0.05) is 62.4 Å². The molecule has 6 fully saturated rings. The van der Waals surface area contributed by atoms with Crippen molar-refractivity contribution in [2.75, 3.05) is 20.8 Å². The molecule has 86 heavy (non-hydrogen) atoms. The molecule has 484 valence electrons. The second-order valence-electron chi connectivity index (χ2n) is 26.4. The van der Waals surface area contributed by atoms with Gasteiger partial charge in [-0.2, -0.15) is 0 Å². The fraction of sp³-hybridized carbons (Fsp3) is 0.787. The molecule has 2 bridgehead atoms. The predicted molar refractivity (Wildman–Crippen MR) is 299 cm³/mol. The Morgan fingerprint density at radius 2 is 1.44 bits per heavy atom. The Labute approximate surface area is 501 Å². The van der Waals surface area contributed by atoms with Crippen LogP contribution in [0.4, 0.5) is 4.79 Å². The van der Waals surface area contributed by atoms with Crippen LogP contribution in [0.3, 0.4) is 0 Å². The lowest BCUT2D eigenvalue weighted by Gasteiger charge is -2.57. The number of carbonyl (C=O) groups excluding carboxylic acids is 3. The van der Waals surface area contributed by atoms with Crippen LogP contribution in [0.25, 0.3) is 0 Å². The third-order valence-electron chi connectivity index (χ3n) is 20.7. The van der Waals surface area contributed by atoms with Crippen molar-refractivity contribution in [2.45, 2.75) is 230 Å². The number of esters is 1. The topological polar surface area (TPSA) is 343 Å². The molecule has 9 aliphatic rings. The SMILES string of the molecule is C=C1C(OO)CC(OC2CC(C)([NH+]([O-])O)C(NC(=O)OC)C(C)O2)C(C)=CC2C=C(CO)C(C)CC23OC(=O)C(=C(O)C2(C)C1C=CC1C(OC4CC(OC5CC(C)C(OC6CC(O)C(OC)C(C)O6)C(O)O5)C(O)C(C)O4)C(C)CC(C)C12)C3=O. The highest BCUT2D eigenvalue weighted by molar-refractivity contribution is 6.26. The number of rotatable bonds is 13. The Kier molecular flexibility index (Phi) is 20.3. The summed E-state index contributed by atoms with van der Waals surface area (Å²) in [6.07, 6.45) is -8.14. The van der Waals surface area contributed by atoms with Crippen molar-refractivity contribution in [3.63, 3.8) is 0 Å². The number of Topliss-reactive ketones (excluding diaryl/α,β-unsaturated/α-hetero) is 1. The molecular weight excluding hydrogens is 1130 g/mol. The second kappa shape index (κ2) is 26.2. The van der Waals surface area contributed by atoms with E-state index >= 15 is 4.79 Å². The number of aliphatic hydroxyl groups excluding tert-OH is 5. The van der Waals surface area contributed by atoms with E-state index in [-0.39, 0.29) is 68.5 Å². The van der Waals surface area contributed by atoms with Crippen LogP contribution in [0.2, 0.25) is 0 Å². The van der Waals surface area contributed by atoms with Gasteiger partial charge >= 0.3 is 12.1 Å². The number of alkyl carbamates (subject to hydrolysis) is 1. The molecule has 25 heteroatoms.